The van der Waals surface area contributed by atoms with Crippen LogP contribution in [-0.4, -0.2) is 65.8 Å². The van der Waals surface area contributed by atoms with E-state index in [-0.39, 0.29) is 23.5 Å². The van der Waals surface area contributed by atoms with Crippen LogP contribution in [0.4, 0.5) is 4.39 Å². The van der Waals surface area contributed by atoms with Crippen LogP contribution in [0.25, 0.3) is 0 Å². The Morgan fingerprint density at radius 2 is 1.77 bits per heavy atom. The van der Waals surface area contributed by atoms with E-state index in [2.05, 4.69) is 4.90 Å². The zero-order valence-corrected chi connectivity index (χ0v) is 18.3. The molecule has 0 bridgehead atoms. The molecular weight excluding hydrogens is 425 g/mol. The first-order chi connectivity index (χ1) is 14.5. The van der Waals surface area contributed by atoms with Crippen molar-refractivity contribution in [1.29, 1.82) is 0 Å². The van der Waals surface area contributed by atoms with Crippen molar-refractivity contribution in [2.24, 2.45) is 5.92 Å². The van der Waals surface area contributed by atoms with Crippen molar-refractivity contribution in [2.75, 3.05) is 39.3 Å². The van der Waals surface area contributed by atoms with Gasteiger partial charge in [0.15, 0.2) is 0 Å². The number of halogens is 2. The van der Waals surface area contributed by atoms with Gasteiger partial charge in [-0.1, -0.05) is 23.7 Å². The van der Waals surface area contributed by atoms with Crippen molar-refractivity contribution >= 4 is 34.8 Å². The molecule has 0 N–H and O–H groups in total. The zero-order chi connectivity index (χ0) is 21.1. The Kier molecular flexibility index (Phi) is 6.71. The van der Waals surface area contributed by atoms with E-state index in [4.69, 9.17) is 11.6 Å². The minimum Gasteiger partial charge on any atom is -0.340 e. The van der Waals surface area contributed by atoms with Crippen molar-refractivity contribution in [2.45, 2.75) is 19.4 Å². The van der Waals surface area contributed by atoms with Crippen molar-refractivity contribution in [3.05, 3.63) is 57.0 Å². The molecule has 2 aromatic rings. The predicted octanol–water partition coefficient (Wildman–Crippen LogP) is 3.74. The second-order valence-electron chi connectivity index (χ2n) is 7.88. The number of thiophene rings is 1. The van der Waals surface area contributed by atoms with Gasteiger partial charge in [0.2, 0.25) is 5.91 Å². The summed E-state index contributed by atoms with van der Waals surface area (Å²) >= 11 is 7.60. The molecule has 4 rings (SSSR count). The topological polar surface area (TPSA) is 43.9 Å². The second kappa shape index (κ2) is 9.45. The van der Waals surface area contributed by atoms with Crippen molar-refractivity contribution in [1.82, 2.24) is 14.7 Å². The summed E-state index contributed by atoms with van der Waals surface area (Å²) in [6.45, 7) is 4.85. The maximum absolute atomic E-state index is 13.2. The molecule has 0 unspecified atom stereocenters. The molecule has 160 valence electrons. The quantitative estimate of drug-likeness (QED) is 0.714. The van der Waals surface area contributed by atoms with Crippen LogP contribution in [0.3, 0.4) is 0 Å². The van der Waals surface area contributed by atoms with Crippen molar-refractivity contribution < 1.29 is 14.0 Å². The fourth-order valence-electron chi connectivity index (χ4n) is 4.16. The zero-order valence-electron chi connectivity index (χ0n) is 16.7. The number of hydrogen-bond donors (Lipinski definition) is 0. The van der Waals surface area contributed by atoms with E-state index >= 15 is 0 Å². The first kappa shape index (κ1) is 21.3. The van der Waals surface area contributed by atoms with Gasteiger partial charge in [-0.2, -0.15) is 0 Å². The third kappa shape index (κ3) is 4.85. The summed E-state index contributed by atoms with van der Waals surface area (Å²) in [6, 6.07) is 8.23. The monoisotopic (exact) mass is 449 g/mol. The Morgan fingerprint density at radius 1 is 1.03 bits per heavy atom. The number of amides is 2. The molecule has 8 heteroatoms. The Morgan fingerprint density at radius 3 is 2.40 bits per heavy atom. The number of rotatable bonds is 4. The van der Waals surface area contributed by atoms with E-state index in [1.165, 1.54) is 23.5 Å². The van der Waals surface area contributed by atoms with Gasteiger partial charge in [-0.25, -0.2) is 4.39 Å². The number of hydrogen-bond acceptors (Lipinski definition) is 4. The number of piperazine rings is 1. The average molecular weight is 450 g/mol. The SMILES string of the molecule is O=C(c1cccs1)N1CCC(C(=O)N2CCN(Cc3ccc(F)cc3Cl)CC2)CC1. The second-order valence-corrected chi connectivity index (χ2v) is 9.24. The standard InChI is InChI=1S/C22H25ClFN3O2S/c23-19-14-18(24)4-3-17(19)15-25-9-11-27(12-10-25)21(28)16-5-7-26(8-6-16)22(29)20-2-1-13-30-20/h1-4,13-14,16H,5-12,15H2. The molecular formula is C22H25ClFN3O2S. The first-order valence-electron chi connectivity index (χ1n) is 10.3. The lowest BCUT2D eigenvalue weighted by atomic mass is 9.94. The molecule has 5 nitrogen and oxygen atoms in total. The van der Waals surface area contributed by atoms with E-state index in [1.807, 2.05) is 27.3 Å². The molecule has 2 saturated heterocycles. The Bertz CT molecular complexity index is 892. The summed E-state index contributed by atoms with van der Waals surface area (Å²) < 4.78 is 13.2. The fourth-order valence-corrected chi connectivity index (χ4v) is 5.08. The number of nitrogens with zero attached hydrogens (tertiary/aromatic N) is 3. The molecule has 30 heavy (non-hydrogen) atoms. The Balaban J connectivity index is 1.24. The molecule has 1 aromatic carbocycles. The van der Waals surface area contributed by atoms with Crippen LogP contribution in [0.15, 0.2) is 35.7 Å². The Hall–Kier alpha value is -1.96. The van der Waals surface area contributed by atoms with Gasteiger partial charge in [0, 0.05) is 56.8 Å². The Labute approximate surface area is 185 Å². The summed E-state index contributed by atoms with van der Waals surface area (Å²) in [4.78, 5) is 32.2. The highest BCUT2D eigenvalue weighted by Gasteiger charge is 2.32. The third-order valence-corrected chi connectivity index (χ3v) is 7.17. The van der Waals surface area contributed by atoms with Crippen molar-refractivity contribution in [3.8, 4) is 0 Å². The number of benzene rings is 1. The van der Waals surface area contributed by atoms with Crippen LogP contribution >= 0.6 is 22.9 Å². The molecule has 0 atom stereocenters. The van der Waals surface area contributed by atoms with Gasteiger partial charge in [0.25, 0.3) is 5.91 Å². The normalized spacial score (nSPS) is 18.6. The summed E-state index contributed by atoms with van der Waals surface area (Å²) in [5.74, 6) is -0.0561. The van der Waals surface area contributed by atoms with E-state index in [0.717, 1.165) is 36.4 Å². The summed E-state index contributed by atoms with van der Waals surface area (Å²) in [7, 11) is 0. The van der Waals surface area contributed by atoms with Gasteiger partial charge < -0.3 is 9.80 Å². The van der Waals surface area contributed by atoms with Gasteiger partial charge >= 0.3 is 0 Å². The maximum Gasteiger partial charge on any atom is 0.263 e. The molecule has 2 amide bonds. The molecule has 3 heterocycles. The molecule has 0 saturated carbocycles. The van der Waals surface area contributed by atoms with E-state index in [0.29, 0.717) is 37.7 Å². The lowest BCUT2D eigenvalue weighted by Gasteiger charge is -2.38. The highest BCUT2D eigenvalue weighted by atomic mass is 35.5. The largest absolute Gasteiger partial charge is 0.340 e. The fraction of sp³-hybridized carbons (Fsp3) is 0.455. The molecule has 0 radical (unpaired) electrons. The van der Waals surface area contributed by atoms with Crippen LogP contribution < -0.4 is 0 Å². The summed E-state index contributed by atoms with van der Waals surface area (Å²) in [5.41, 5.74) is 0.903. The number of carbonyl (C=O) groups excluding carboxylic acids is 2. The van der Waals surface area contributed by atoms with Crippen LogP contribution in [0.1, 0.15) is 28.1 Å². The maximum atomic E-state index is 13.2. The van der Waals surface area contributed by atoms with Crippen LogP contribution in [0.2, 0.25) is 5.02 Å². The van der Waals surface area contributed by atoms with Crippen molar-refractivity contribution in [3.63, 3.8) is 0 Å². The molecule has 1 aromatic heterocycles. The highest BCUT2D eigenvalue weighted by Crippen LogP contribution is 2.24. The van der Waals surface area contributed by atoms with E-state index in [9.17, 15) is 14.0 Å². The van der Waals surface area contributed by atoms with Gasteiger partial charge in [-0.3, -0.25) is 14.5 Å². The average Bonchev–Trinajstić information content (AvgIpc) is 3.30. The van der Waals surface area contributed by atoms with Crippen LogP contribution in [0, 0.1) is 11.7 Å². The molecule has 0 spiro atoms. The minimum atomic E-state index is -0.331. The van der Waals surface area contributed by atoms with Gasteiger partial charge in [0.1, 0.15) is 5.82 Å². The van der Waals surface area contributed by atoms with Gasteiger partial charge in [-0.15, -0.1) is 11.3 Å². The van der Waals surface area contributed by atoms with Crippen LogP contribution in [0.5, 0.6) is 0 Å². The third-order valence-electron chi connectivity index (χ3n) is 5.96. The lowest BCUT2D eigenvalue weighted by molar-refractivity contribution is -0.138. The van der Waals surface area contributed by atoms with E-state index in [1.54, 1.807) is 6.07 Å². The summed E-state index contributed by atoms with van der Waals surface area (Å²) in [5, 5.41) is 2.35. The summed E-state index contributed by atoms with van der Waals surface area (Å²) in [6.07, 6.45) is 1.45. The lowest BCUT2D eigenvalue weighted by Crippen LogP contribution is -2.51. The predicted molar refractivity (Wildman–Crippen MR) is 116 cm³/mol. The minimum absolute atomic E-state index is 0.00419. The highest BCUT2D eigenvalue weighted by molar-refractivity contribution is 7.12. The molecule has 2 fully saturated rings. The number of piperidine rings is 1. The molecule has 0 aliphatic carbocycles. The first-order valence-corrected chi connectivity index (χ1v) is 11.5. The molecule has 2 aliphatic heterocycles. The van der Waals surface area contributed by atoms with Gasteiger partial charge in [-0.05, 0) is 42.0 Å². The molecule has 2 aliphatic rings. The number of likely N-dealkylation sites (tertiary alicyclic amines) is 1. The number of carbonyl (C=O) groups is 2. The smallest absolute Gasteiger partial charge is 0.263 e. The van der Waals surface area contributed by atoms with Gasteiger partial charge in [0.05, 0.1) is 4.88 Å². The van der Waals surface area contributed by atoms with Crippen LogP contribution in [-0.2, 0) is 11.3 Å². The van der Waals surface area contributed by atoms with E-state index < -0.39 is 0 Å².